The van der Waals surface area contributed by atoms with Gasteiger partial charge >= 0.3 is 0 Å². The number of hydrogen-bond donors (Lipinski definition) is 1. The molecule has 1 N–H and O–H groups in total. The van der Waals surface area contributed by atoms with Crippen LogP contribution in [0.1, 0.15) is 113 Å². The SMILES string of the molecule is CN1CCC[C@@]1(C)c1nnc2ccc(O[C@@H]3CC[C@H](CCCC(=O)Nc4cc(C(C)(C)C)ccc4CN4CCOCC4)c4ccccc43)cn12. The van der Waals surface area contributed by atoms with E-state index in [2.05, 4.69) is 113 Å². The van der Waals surface area contributed by atoms with Crippen LogP contribution in [0.2, 0.25) is 0 Å². The van der Waals surface area contributed by atoms with Crippen LogP contribution >= 0.6 is 0 Å². The fourth-order valence-corrected chi connectivity index (χ4v) is 8.13. The zero-order valence-electron chi connectivity index (χ0n) is 30.6. The van der Waals surface area contributed by atoms with Crippen molar-refractivity contribution >= 4 is 17.2 Å². The van der Waals surface area contributed by atoms with Gasteiger partial charge in [0.15, 0.2) is 11.5 Å². The third-order valence-corrected chi connectivity index (χ3v) is 11.4. The molecule has 2 aromatic carbocycles. The average molecular weight is 679 g/mol. The van der Waals surface area contributed by atoms with Crippen molar-refractivity contribution in [1.29, 1.82) is 0 Å². The van der Waals surface area contributed by atoms with Gasteiger partial charge in [0, 0.05) is 31.7 Å². The highest BCUT2D eigenvalue weighted by Crippen LogP contribution is 2.43. The van der Waals surface area contributed by atoms with Crippen molar-refractivity contribution in [2.45, 2.75) is 102 Å². The number of amides is 1. The molecule has 0 unspecified atom stereocenters. The van der Waals surface area contributed by atoms with Gasteiger partial charge in [-0.05, 0) is 111 Å². The Balaban J connectivity index is 0.996. The molecule has 9 heteroatoms. The van der Waals surface area contributed by atoms with Crippen LogP contribution in [0.5, 0.6) is 5.75 Å². The fraction of sp³-hybridized carbons (Fsp3) is 0.537. The van der Waals surface area contributed by atoms with Crippen LogP contribution in [0.25, 0.3) is 5.65 Å². The minimum atomic E-state index is -0.138. The number of pyridine rings is 1. The summed E-state index contributed by atoms with van der Waals surface area (Å²) in [6.07, 6.45) is 8.56. The van der Waals surface area contributed by atoms with Crippen molar-refractivity contribution in [2.75, 3.05) is 45.2 Å². The van der Waals surface area contributed by atoms with E-state index in [0.29, 0.717) is 12.3 Å². The lowest BCUT2D eigenvalue weighted by Gasteiger charge is -2.32. The molecule has 2 saturated heterocycles. The fourth-order valence-electron chi connectivity index (χ4n) is 8.13. The molecule has 1 aliphatic carbocycles. The summed E-state index contributed by atoms with van der Waals surface area (Å²) in [5.41, 5.74) is 6.65. The standard InChI is InChI=1S/C41H54N6O3/c1-40(2,3)31-16-14-30(27-46-22-24-49-25-23-46)35(26-31)42-38(48)13-8-10-29-15-18-36(34-12-7-6-11-33(29)34)50-32-17-19-37-43-44-39(47(37)28-32)41(4)20-9-21-45(41)5/h6-7,11-12,14,16-17,19,26,28-29,36H,8-10,13,15,18,20-25,27H2,1-5H3,(H,42,48)/t29-,36+,41-/m0/s1. The number of hydrogen-bond acceptors (Lipinski definition) is 7. The van der Waals surface area contributed by atoms with E-state index in [0.717, 1.165) is 101 Å². The Morgan fingerprint density at radius 3 is 2.58 bits per heavy atom. The third-order valence-electron chi connectivity index (χ3n) is 11.4. The number of ether oxygens (including phenoxy) is 2. The lowest BCUT2D eigenvalue weighted by molar-refractivity contribution is -0.116. The molecule has 4 heterocycles. The summed E-state index contributed by atoms with van der Waals surface area (Å²) in [6.45, 7) is 14.1. The number of likely N-dealkylation sites (tertiary alicyclic amines) is 1. The van der Waals surface area contributed by atoms with E-state index in [1.54, 1.807) is 0 Å². The summed E-state index contributed by atoms with van der Waals surface area (Å²) >= 11 is 0. The van der Waals surface area contributed by atoms with Crippen LogP contribution in [-0.4, -0.2) is 70.2 Å². The normalized spacial score (nSPS) is 23.2. The van der Waals surface area contributed by atoms with E-state index in [-0.39, 0.29) is 23.0 Å². The Hall–Kier alpha value is -3.79. The summed E-state index contributed by atoms with van der Waals surface area (Å²) in [5, 5.41) is 12.4. The number of nitrogens with one attached hydrogen (secondary N) is 1. The minimum absolute atomic E-state index is 0.00410. The van der Waals surface area contributed by atoms with Crippen LogP contribution < -0.4 is 10.1 Å². The lowest BCUT2D eigenvalue weighted by atomic mass is 9.79. The predicted molar refractivity (Wildman–Crippen MR) is 198 cm³/mol. The van der Waals surface area contributed by atoms with Gasteiger partial charge < -0.3 is 14.8 Å². The molecule has 50 heavy (non-hydrogen) atoms. The summed E-state index contributed by atoms with van der Waals surface area (Å²) in [6, 6.07) is 19.3. The maximum absolute atomic E-state index is 13.4. The molecule has 266 valence electrons. The average Bonchev–Trinajstić information content (AvgIpc) is 3.69. The first kappa shape index (κ1) is 34.6. The number of carbonyl (C=O) groups is 1. The van der Waals surface area contributed by atoms with E-state index in [1.165, 1.54) is 22.3 Å². The van der Waals surface area contributed by atoms with E-state index in [9.17, 15) is 4.79 Å². The Morgan fingerprint density at radius 2 is 1.82 bits per heavy atom. The van der Waals surface area contributed by atoms with Gasteiger partial charge in [0.05, 0.1) is 24.9 Å². The molecule has 0 radical (unpaired) electrons. The highest BCUT2D eigenvalue weighted by atomic mass is 16.5. The van der Waals surface area contributed by atoms with Gasteiger partial charge in [0.2, 0.25) is 5.91 Å². The Labute approximate surface area is 297 Å². The number of fused-ring (bicyclic) bond motifs is 2. The van der Waals surface area contributed by atoms with Gasteiger partial charge in [-0.25, -0.2) is 0 Å². The number of rotatable bonds is 10. The third kappa shape index (κ3) is 7.32. The molecule has 1 amide bonds. The van der Waals surface area contributed by atoms with Crippen LogP contribution in [0.3, 0.4) is 0 Å². The number of anilines is 1. The largest absolute Gasteiger partial charge is 0.484 e. The topological polar surface area (TPSA) is 84.2 Å². The van der Waals surface area contributed by atoms with Crippen LogP contribution in [0.4, 0.5) is 5.69 Å². The summed E-state index contributed by atoms with van der Waals surface area (Å²) in [4.78, 5) is 18.2. The Kier molecular flexibility index (Phi) is 10.0. The molecule has 3 atom stereocenters. The molecule has 9 nitrogen and oxygen atoms in total. The Bertz CT molecular complexity index is 1810. The lowest BCUT2D eigenvalue weighted by Crippen LogP contribution is -2.37. The molecular formula is C41H54N6O3. The van der Waals surface area contributed by atoms with Crippen molar-refractivity contribution in [1.82, 2.24) is 24.4 Å². The van der Waals surface area contributed by atoms with Gasteiger partial charge in [0.25, 0.3) is 0 Å². The van der Waals surface area contributed by atoms with Crippen LogP contribution in [0, 0.1) is 0 Å². The first-order chi connectivity index (χ1) is 24.1. The molecule has 2 fully saturated rings. The summed E-state index contributed by atoms with van der Waals surface area (Å²) in [7, 11) is 2.17. The quantitative estimate of drug-likeness (QED) is 0.185. The maximum atomic E-state index is 13.4. The van der Waals surface area contributed by atoms with Crippen LogP contribution in [0.15, 0.2) is 60.8 Å². The van der Waals surface area contributed by atoms with Crippen molar-refractivity contribution in [3.63, 3.8) is 0 Å². The molecule has 0 spiro atoms. The second-order valence-electron chi connectivity index (χ2n) is 15.9. The van der Waals surface area contributed by atoms with E-state index < -0.39 is 0 Å². The number of carbonyl (C=O) groups excluding carboxylic acids is 1. The monoisotopic (exact) mass is 678 g/mol. The van der Waals surface area contributed by atoms with Crippen molar-refractivity contribution in [3.05, 3.63) is 88.9 Å². The van der Waals surface area contributed by atoms with Gasteiger partial charge in [0.1, 0.15) is 11.9 Å². The summed E-state index contributed by atoms with van der Waals surface area (Å²) in [5.74, 6) is 2.30. The Morgan fingerprint density at radius 1 is 1.02 bits per heavy atom. The van der Waals surface area contributed by atoms with Crippen molar-refractivity contribution in [3.8, 4) is 5.75 Å². The van der Waals surface area contributed by atoms with Crippen LogP contribution in [-0.2, 0) is 27.0 Å². The summed E-state index contributed by atoms with van der Waals surface area (Å²) < 4.78 is 14.4. The van der Waals surface area contributed by atoms with Gasteiger partial charge in [-0.2, -0.15) is 0 Å². The van der Waals surface area contributed by atoms with Gasteiger partial charge in [-0.3, -0.25) is 19.0 Å². The number of benzene rings is 2. The number of nitrogens with zero attached hydrogens (tertiary/aromatic N) is 5. The van der Waals surface area contributed by atoms with E-state index in [4.69, 9.17) is 9.47 Å². The number of aromatic nitrogens is 3. The molecule has 0 saturated carbocycles. The highest BCUT2D eigenvalue weighted by Gasteiger charge is 2.40. The minimum Gasteiger partial charge on any atom is -0.484 e. The zero-order chi connectivity index (χ0) is 34.9. The molecule has 3 aliphatic rings. The first-order valence-electron chi connectivity index (χ1n) is 18.6. The molecular weight excluding hydrogens is 624 g/mol. The molecule has 2 aromatic heterocycles. The van der Waals surface area contributed by atoms with Gasteiger partial charge in [-0.1, -0.05) is 57.2 Å². The highest BCUT2D eigenvalue weighted by molar-refractivity contribution is 5.91. The molecule has 4 aromatic rings. The molecule has 0 bridgehead atoms. The van der Waals surface area contributed by atoms with Crippen molar-refractivity contribution in [2.24, 2.45) is 0 Å². The molecule has 2 aliphatic heterocycles. The maximum Gasteiger partial charge on any atom is 0.224 e. The predicted octanol–water partition coefficient (Wildman–Crippen LogP) is 7.61. The second-order valence-corrected chi connectivity index (χ2v) is 15.9. The smallest absolute Gasteiger partial charge is 0.224 e. The number of morpholine rings is 1. The van der Waals surface area contributed by atoms with Gasteiger partial charge in [-0.15, -0.1) is 10.2 Å². The van der Waals surface area contributed by atoms with Crippen molar-refractivity contribution < 1.29 is 14.3 Å². The van der Waals surface area contributed by atoms with E-state index in [1.807, 2.05) is 12.1 Å². The van der Waals surface area contributed by atoms with E-state index >= 15 is 0 Å². The molecule has 7 rings (SSSR count). The zero-order valence-corrected chi connectivity index (χ0v) is 30.6. The first-order valence-corrected chi connectivity index (χ1v) is 18.6. The second kappa shape index (κ2) is 14.4.